The second-order valence-corrected chi connectivity index (χ2v) is 4.62. The molecule has 3 aromatic rings. The molecule has 1 N–H and O–H groups in total. The van der Waals surface area contributed by atoms with E-state index in [0.717, 1.165) is 16.6 Å². The number of aromatic nitrogens is 1. The highest BCUT2D eigenvalue weighted by Crippen LogP contribution is 2.23. The number of para-hydroxylation sites is 1. The zero-order chi connectivity index (χ0) is 12.4. The number of amides is 1. The fourth-order valence-corrected chi connectivity index (χ4v) is 2.52. The maximum absolute atomic E-state index is 12.1. The van der Waals surface area contributed by atoms with Gasteiger partial charge in [-0.3, -0.25) is 4.79 Å². The van der Waals surface area contributed by atoms with Crippen LogP contribution in [0.1, 0.15) is 9.67 Å². The average Bonchev–Trinajstić information content (AvgIpc) is 2.84. The van der Waals surface area contributed by atoms with Gasteiger partial charge in [0.25, 0.3) is 5.91 Å². The Labute approximate surface area is 108 Å². The Kier molecular flexibility index (Phi) is 2.78. The van der Waals surface area contributed by atoms with Crippen molar-refractivity contribution in [3.63, 3.8) is 0 Å². The fraction of sp³-hybridized carbons (Fsp3) is 0. The highest BCUT2D eigenvalue weighted by molar-refractivity contribution is 7.09. The van der Waals surface area contributed by atoms with Crippen molar-refractivity contribution in [3.05, 3.63) is 59.5 Å². The molecule has 1 heterocycles. The molecule has 0 unspecified atom stereocenters. The Balaban J connectivity index is 1.93. The molecule has 3 rings (SSSR count). The van der Waals surface area contributed by atoms with Gasteiger partial charge in [0.2, 0.25) is 0 Å². The molecule has 0 fully saturated rings. The standard InChI is InChI=1S/C14H10N2OS/c17-14(15-10-6-2-1-3-7-10)13-11-8-4-5-9-12(11)16-18-13/h1-9H,(H,15,17). The Morgan fingerprint density at radius 3 is 2.56 bits per heavy atom. The van der Waals surface area contributed by atoms with Crippen LogP contribution in [0.15, 0.2) is 54.6 Å². The molecule has 4 heteroatoms. The number of benzene rings is 2. The van der Waals surface area contributed by atoms with Gasteiger partial charge in [0.1, 0.15) is 4.88 Å². The van der Waals surface area contributed by atoms with Crippen molar-refractivity contribution < 1.29 is 4.79 Å². The average molecular weight is 254 g/mol. The first kappa shape index (κ1) is 10.9. The molecule has 1 aromatic heterocycles. The fourth-order valence-electron chi connectivity index (χ4n) is 1.76. The van der Waals surface area contributed by atoms with Gasteiger partial charge < -0.3 is 5.32 Å². The highest BCUT2D eigenvalue weighted by atomic mass is 32.1. The molecule has 18 heavy (non-hydrogen) atoms. The van der Waals surface area contributed by atoms with Crippen LogP contribution in [0.25, 0.3) is 10.9 Å². The van der Waals surface area contributed by atoms with Gasteiger partial charge >= 0.3 is 0 Å². The topological polar surface area (TPSA) is 42.0 Å². The summed E-state index contributed by atoms with van der Waals surface area (Å²) >= 11 is 1.23. The SMILES string of the molecule is O=C(Nc1ccccc1)c1snc2ccccc12. The molecule has 1 amide bonds. The van der Waals surface area contributed by atoms with E-state index in [0.29, 0.717) is 4.88 Å². The van der Waals surface area contributed by atoms with E-state index in [4.69, 9.17) is 0 Å². The lowest BCUT2D eigenvalue weighted by Crippen LogP contribution is -2.10. The van der Waals surface area contributed by atoms with Gasteiger partial charge in [0.05, 0.1) is 5.52 Å². The molecule has 0 atom stereocenters. The third kappa shape index (κ3) is 1.98. The monoisotopic (exact) mass is 254 g/mol. The Hall–Kier alpha value is -2.20. The molecule has 0 bridgehead atoms. The van der Waals surface area contributed by atoms with Gasteiger partial charge in [0, 0.05) is 11.1 Å². The maximum atomic E-state index is 12.1. The summed E-state index contributed by atoms with van der Waals surface area (Å²) in [5.41, 5.74) is 1.65. The molecule has 0 saturated heterocycles. The van der Waals surface area contributed by atoms with Crippen molar-refractivity contribution in [2.45, 2.75) is 0 Å². The summed E-state index contributed by atoms with van der Waals surface area (Å²) in [6, 6.07) is 17.1. The number of rotatable bonds is 2. The van der Waals surface area contributed by atoms with Crippen molar-refractivity contribution in [3.8, 4) is 0 Å². The molecule has 3 nitrogen and oxygen atoms in total. The van der Waals surface area contributed by atoms with Gasteiger partial charge in [0.15, 0.2) is 0 Å². The van der Waals surface area contributed by atoms with Crippen LogP contribution >= 0.6 is 11.5 Å². The minimum atomic E-state index is -0.111. The van der Waals surface area contributed by atoms with E-state index < -0.39 is 0 Å². The largest absolute Gasteiger partial charge is 0.321 e. The van der Waals surface area contributed by atoms with Crippen LogP contribution in [0.2, 0.25) is 0 Å². The van der Waals surface area contributed by atoms with Gasteiger partial charge in [-0.15, -0.1) is 0 Å². The van der Waals surface area contributed by atoms with Gasteiger partial charge in [-0.05, 0) is 29.7 Å². The minimum absolute atomic E-state index is 0.111. The molecular formula is C14H10N2OS. The van der Waals surface area contributed by atoms with Crippen LogP contribution in [0.5, 0.6) is 0 Å². The number of fused-ring (bicyclic) bond motifs is 1. The predicted molar refractivity (Wildman–Crippen MR) is 74.0 cm³/mol. The molecule has 2 aromatic carbocycles. The van der Waals surface area contributed by atoms with E-state index in [-0.39, 0.29) is 5.91 Å². The zero-order valence-corrected chi connectivity index (χ0v) is 10.3. The lowest BCUT2D eigenvalue weighted by atomic mass is 10.2. The number of nitrogens with zero attached hydrogens (tertiary/aromatic N) is 1. The summed E-state index contributed by atoms with van der Waals surface area (Å²) in [5.74, 6) is -0.111. The molecule has 0 saturated carbocycles. The van der Waals surface area contributed by atoms with Crippen LogP contribution < -0.4 is 5.32 Å². The molecule has 0 spiro atoms. The Morgan fingerprint density at radius 1 is 1.00 bits per heavy atom. The smallest absolute Gasteiger partial charge is 0.268 e. The van der Waals surface area contributed by atoms with Crippen LogP contribution in [0, 0.1) is 0 Å². The molecule has 0 radical (unpaired) electrons. The van der Waals surface area contributed by atoms with Crippen LogP contribution in [0.3, 0.4) is 0 Å². The van der Waals surface area contributed by atoms with Crippen molar-refractivity contribution in [2.24, 2.45) is 0 Å². The van der Waals surface area contributed by atoms with Gasteiger partial charge in [-0.2, -0.15) is 4.37 Å². The van der Waals surface area contributed by atoms with Crippen molar-refractivity contribution in [1.82, 2.24) is 4.37 Å². The number of carbonyl (C=O) groups excluding carboxylic acids is 1. The van der Waals surface area contributed by atoms with E-state index in [1.54, 1.807) is 0 Å². The van der Waals surface area contributed by atoms with E-state index in [9.17, 15) is 4.79 Å². The molecule has 0 aliphatic heterocycles. The van der Waals surface area contributed by atoms with E-state index >= 15 is 0 Å². The Bertz CT molecular complexity index is 691. The number of hydrogen-bond acceptors (Lipinski definition) is 3. The number of anilines is 1. The van der Waals surface area contributed by atoms with Crippen molar-refractivity contribution >= 4 is 34.0 Å². The molecule has 0 aliphatic rings. The number of hydrogen-bond donors (Lipinski definition) is 1. The summed E-state index contributed by atoms with van der Waals surface area (Å²) in [6.07, 6.45) is 0. The van der Waals surface area contributed by atoms with E-state index in [1.165, 1.54) is 11.5 Å². The third-order valence-electron chi connectivity index (χ3n) is 2.62. The molecular weight excluding hydrogens is 244 g/mol. The third-order valence-corrected chi connectivity index (χ3v) is 3.50. The van der Waals surface area contributed by atoms with Crippen molar-refractivity contribution in [2.75, 3.05) is 5.32 Å². The quantitative estimate of drug-likeness (QED) is 0.760. The summed E-state index contributed by atoms with van der Waals surface area (Å²) < 4.78 is 4.26. The molecule has 0 aliphatic carbocycles. The van der Waals surface area contributed by atoms with Crippen LogP contribution in [-0.4, -0.2) is 10.3 Å². The predicted octanol–water partition coefficient (Wildman–Crippen LogP) is 3.55. The Morgan fingerprint density at radius 2 is 1.72 bits per heavy atom. The lowest BCUT2D eigenvalue weighted by Gasteiger charge is -2.02. The number of nitrogens with one attached hydrogen (secondary N) is 1. The lowest BCUT2D eigenvalue weighted by molar-refractivity contribution is 0.103. The van der Waals surface area contributed by atoms with Gasteiger partial charge in [-0.25, -0.2) is 0 Å². The van der Waals surface area contributed by atoms with Gasteiger partial charge in [-0.1, -0.05) is 36.4 Å². The van der Waals surface area contributed by atoms with Crippen LogP contribution in [0.4, 0.5) is 5.69 Å². The minimum Gasteiger partial charge on any atom is -0.321 e. The first-order chi connectivity index (χ1) is 8.84. The normalized spacial score (nSPS) is 10.4. The van der Waals surface area contributed by atoms with E-state index in [2.05, 4.69) is 9.69 Å². The summed E-state index contributed by atoms with van der Waals surface area (Å²) in [5, 5.41) is 3.77. The highest BCUT2D eigenvalue weighted by Gasteiger charge is 2.13. The summed E-state index contributed by atoms with van der Waals surface area (Å²) in [4.78, 5) is 12.8. The van der Waals surface area contributed by atoms with Crippen molar-refractivity contribution in [1.29, 1.82) is 0 Å². The zero-order valence-electron chi connectivity index (χ0n) is 9.46. The maximum Gasteiger partial charge on any atom is 0.268 e. The first-order valence-electron chi connectivity index (χ1n) is 5.55. The second kappa shape index (κ2) is 4.58. The van der Waals surface area contributed by atoms with Crippen LogP contribution in [-0.2, 0) is 0 Å². The summed E-state index contributed by atoms with van der Waals surface area (Å²) in [7, 11) is 0. The number of carbonyl (C=O) groups is 1. The summed E-state index contributed by atoms with van der Waals surface area (Å²) in [6.45, 7) is 0. The second-order valence-electron chi connectivity index (χ2n) is 3.85. The van der Waals surface area contributed by atoms with E-state index in [1.807, 2.05) is 54.6 Å². The first-order valence-corrected chi connectivity index (χ1v) is 6.33. The molecule has 88 valence electrons.